The average Bonchev–Trinajstić information content (AvgIpc) is 2.88. The van der Waals surface area contributed by atoms with Gasteiger partial charge in [-0.1, -0.05) is 39.0 Å². The van der Waals surface area contributed by atoms with Gasteiger partial charge in [0.1, 0.15) is 0 Å². The molecule has 1 heterocycles. The van der Waals surface area contributed by atoms with Crippen molar-refractivity contribution in [3.8, 4) is 0 Å². The van der Waals surface area contributed by atoms with E-state index in [1.807, 2.05) is 4.90 Å². The van der Waals surface area contributed by atoms with Crippen molar-refractivity contribution in [2.75, 3.05) is 19.7 Å². The monoisotopic (exact) mass is 333 g/mol. The number of hydrogen-bond acceptors (Lipinski definition) is 4. The first-order valence-corrected chi connectivity index (χ1v) is 9.09. The maximum atomic E-state index is 11.3. The van der Waals surface area contributed by atoms with Gasteiger partial charge in [-0.05, 0) is 33.6 Å². The smallest absolute Gasteiger partial charge is 0.222 e. The van der Waals surface area contributed by atoms with Crippen LogP contribution in [-0.2, 0) is 4.79 Å². The number of amides is 1. The van der Waals surface area contributed by atoms with Gasteiger partial charge in [0.2, 0.25) is 5.91 Å². The Bertz CT molecular complexity index is 255. The standard InChI is InChI=1S/C12H23NO.C3H8O2.C3H8O/c1-2-3-4-5-6-7-10-13-11-8-9-12(13)14;1-3(5)2-4;1-3(2)4/h2-11H2,1H3;3-5H,2H2,1H3;3-4H,1-2H3. The number of carbonyl (C=O) groups is 1. The van der Waals surface area contributed by atoms with Crippen molar-refractivity contribution in [2.24, 2.45) is 0 Å². The van der Waals surface area contributed by atoms with E-state index >= 15 is 0 Å². The van der Waals surface area contributed by atoms with E-state index in [9.17, 15) is 4.79 Å². The van der Waals surface area contributed by atoms with Crippen LogP contribution in [0, 0.1) is 0 Å². The normalized spacial score (nSPS) is 15.0. The van der Waals surface area contributed by atoms with Gasteiger partial charge in [0.05, 0.1) is 12.7 Å². The van der Waals surface area contributed by atoms with Crippen molar-refractivity contribution in [2.45, 2.75) is 91.3 Å². The highest BCUT2D eigenvalue weighted by Crippen LogP contribution is 2.12. The molecule has 5 heteroatoms. The summed E-state index contributed by atoms with van der Waals surface area (Å²) in [6.45, 7) is 9.08. The van der Waals surface area contributed by atoms with Gasteiger partial charge in [-0.2, -0.15) is 0 Å². The van der Waals surface area contributed by atoms with E-state index in [1.165, 1.54) is 45.4 Å². The molecule has 0 aliphatic carbocycles. The van der Waals surface area contributed by atoms with Crippen molar-refractivity contribution >= 4 is 5.91 Å². The minimum Gasteiger partial charge on any atom is -0.394 e. The predicted molar refractivity (Wildman–Crippen MR) is 95.3 cm³/mol. The van der Waals surface area contributed by atoms with Crippen LogP contribution in [0.25, 0.3) is 0 Å². The van der Waals surface area contributed by atoms with Crippen LogP contribution in [0.5, 0.6) is 0 Å². The third kappa shape index (κ3) is 21.4. The Labute approximate surface area is 142 Å². The van der Waals surface area contributed by atoms with E-state index in [2.05, 4.69) is 6.92 Å². The Morgan fingerprint density at radius 1 is 1.04 bits per heavy atom. The summed E-state index contributed by atoms with van der Waals surface area (Å²) < 4.78 is 0. The van der Waals surface area contributed by atoms with Gasteiger partial charge < -0.3 is 20.2 Å². The molecule has 1 fully saturated rings. The molecule has 0 aromatic rings. The van der Waals surface area contributed by atoms with Gasteiger partial charge in [-0.3, -0.25) is 4.79 Å². The molecule has 0 aromatic heterocycles. The molecule has 0 spiro atoms. The van der Waals surface area contributed by atoms with Gasteiger partial charge in [0.25, 0.3) is 0 Å². The summed E-state index contributed by atoms with van der Waals surface area (Å²) in [6.07, 6.45) is 9.02. The minimum atomic E-state index is -0.560. The second kappa shape index (κ2) is 17.7. The van der Waals surface area contributed by atoms with Gasteiger partial charge in [-0.25, -0.2) is 0 Å². The number of aliphatic hydroxyl groups excluding tert-OH is 3. The van der Waals surface area contributed by atoms with E-state index in [-0.39, 0.29) is 12.7 Å². The molecule has 1 atom stereocenters. The van der Waals surface area contributed by atoms with Crippen LogP contribution < -0.4 is 0 Å². The first-order valence-electron chi connectivity index (χ1n) is 9.09. The van der Waals surface area contributed by atoms with Gasteiger partial charge >= 0.3 is 0 Å². The third-order valence-electron chi connectivity index (χ3n) is 3.22. The van der Waals surface area contributed by atoms with E-state index in [1.54, 1.807) is 13.8 Å². The Hall–Kier alpha value is -0.650. The second-order valence-corrected chi connectivity index (χ2v) is 6.38. The second-order valence-electron chi connectivity index (χ2n) is 6.38. The van der Waals surface area contributed by atoms with E-state index in [4.69, 9.17) is 15.3 Å². The lowest BCUT2D eigenvalue weighted by molar-refractivity contribution is -0.127. The van der Waals surface area contributed by atoms with Crippen molar-refractivity contribution < 1.29 is 20.1 Å². The quantitative estimate of drug-likeness (QED) is 0.597. The van der Waals surface area contributed by atoms with Crippen molar-refractivity contribution in [1.82, 2.24) is 4.90 Å². The molecule has 140 valence electrons. The largest absolute Gasteiger partial charge is 0.394 e. The maximum Gasteiger partial charge on any atom is 0.222 e. The number of hydrogen-bond donors (Lipinski definition) is 3. The van der Waals surface area contributed by atoms with Crippen LogP contribution in [0.4, 0.5) is 0 Å². The molecule has 1 saturated heterocycles. The SMILES string of the molecule is CC(C)O.CC(O)CO.CCCCCCCCN1CCCC1=O. The molecule has 1 unspecified atom stereocenters. The fourth-order valence-electron chi connectivity index (χ4n) is 2.02. The van der Waals surface area contributed by atoms with E-state index < -0.39 is 6.10 Å². The summed E-state index contributed by atoms with van der Waals surface area (Å²) in [7, 11) is 0. The van der Waals surface area contributed by atoms with E-state index in [0.717, 1.165) is 25.9 Å². The van der Waals surface area contributed by atoms with Crippen LogP contribution in [0.1, 0.15) is 79.1 Å². The zero-order chi connectivity index (χ0) is 18.1. The fraction of sp³-hybridized carbons (Fsp3) is 0.944. The zero-order valence-electron chi connectivity index (χ0n) is 15.6. The molecule has 1 amide bonds. The molecule has 1 aliphatic rings. The van der Waals surface area contributed by atoms with Gasteiger partial charge in [0.15, 0.2) is 0 Å². The number of likely N-dealkylation sites (tertiary alicyclic amines) is 1. The number of unbranched alkanes of at least 4 members (excludes halogenated alkanes) is 5. The van der Waals surface area contributed by atoms with Crippen molar-refractivity contribution in [1.29, 1.82) is 0 Å². The maximum absolute atomic E-state index is 11.3. The Morgan fingerprint density at radius 2 is 1.52 bits per heavy atom. The molecular weight excluding hydrogens is 294 g/mol. The molecular formula is C18H39NO4. The molecule has 0 radical (unpaired) electrons. The third-order valence-corrected chi connectivity index (χ3v) is 3.22. The predicted octanol–water partition coefficient (Wildman–Crippen LogP) is 2.72. The summed E-state index contributed by atoms with van der Waals surface area (Å²) in [4.78, 5) is 13.3. The topological polar surface area (TPSA) is 81.0 Å². The number of rotatable bonds is 8. The van der Waals surface area contributed by atoms with Crippen LogP contribution >= 0.6 is 0 Å². The lowest BCUT2D eigenvalue weighted by atomic mass is 10.1. The Balaban J connectivity index is 0. The summed E-state index contributed by atoms with van der Waals surface area (Å²) >= 11 is 0. The summed E-state index contributed by atoms with van der Waals surface area (Å²) in [5.41, 5.74) is 0. The van der Waals surface area contributed by atoms with Gasteiger partial charge in [0, 0.05) is 25.6 Å². The van der Waals surface area contributed by atoms with Crippen molar-refractivity contribution in [3.05, 3.63) is 0 Å². The first-order chi connectivity index (χ1) is 10.8. The molecule has 0 saturated carbocycles. The summed E-state index contributed by atoms with van der Waals surface area (Å²) in [5, 5.41) is 24.1. The highest BCUT2D eigenvalue weighted by Gasteiger charge is 2.18. The zero-order valence-corrected chi connectivity index (χ0v) is 15.6. The summed E-state index contributed by atoms with van der Waals surface area (Å²) in [6, 6.07) is 0. The van der Waals surface area contributed by atoms with E-state index in [0.29, 0.717) is 5.91 Å². The Morgan fingerprint density at radius 3 is 1.91 bits per heavy atom. The highest BCUT2D eigenvalue weighted by atomic mass is 16.3. The fourth-order valence-corrected chi connectivity index (χ4v) is 2.02. The Kier molecular flexibility index (Phi) is 18.9. The average molecular weight is 334 g/mol. The van der Waals surface area contributed by atoms with Crippen LogP contribution in [0.2, 0.25) is 0 Å². The first kappa shape index (κ1) is 24.6. The van der Waals surface area contributed by atoms with Crippen LogP contribution in [0.3, 0.4) is 0 Å². The summed E-state index contributed by atoms with van der Waals surface area (Å²) in [5.74, 6) is 0.374. The number of carbonyl (C=O) groups excluding carboxylic acids is 1. The van der Waals surface area contributed by atoms with Crippen LogP contribution in [-0.4, -0.2) is 58.0 Å². The molecule has 0 aromatic carbocycles. The molecule has 23 heavy (non-hydrogen) atoms. The highest BCUT2D eigenvalue weighted by molar-refractivity contribution is 5.77. The molecule has 1 rings (SSSR count). The van der Waals surface area contributed by atoms with Gasteiger partial charge in [-0.15, -0.1) is 0 Å². The molecule has 5 nitrogen and oxygen atoms in total. The number of aliphatic hydroxyl groups is 3. The molecule has 0 bridgehead atoms. The number of nitrogens with zero attached hydrogens (tertiary/aromatic N) is 1. The lowest BCUT2D eigenvalue weighted by Crippen LogP contribution is -2.25. The lowest BCUT2D eigenvalue weighted by Gasteiger charge is -2.14. The molecule has 1 aliphatic heterocycles. The minimum absolute atomic E-state index is 0.139. The van der Waals surface area contributed by atoms with Crippen LogP contribution in [0.15, 0.2) is 0 Å². The molecule has 3 N–H and O–H groups in total. The van der Waals surface area contributed by atoms with Crippen molar-refractivity contribution in [3.63, 3.8) is 0 Å².